The molecule has 0 spiro atoms. The Kier molecular flexibility index (Phi) is 16.3. The predicted octanol–water partition coefficient (Wildman–Crippen LogP) is 10.2. The van der Waals surface area contributed by atoms with Crippen molar-refractivity contribution < 1.29 is 74.4 Å². The van der Waals surface area contributed by atoms with Crippen molar-refractivity contribution in [2.24, 2.45) is 0 Å². The Balaban J connectivity index is 0.000000273. The number of hydrogen-bond acceptors (Lipinski definition) is 10. The van der Waals surface area contributed by atoms with Crippen LogP contribution in [0.1, 0.15) is 76.5 Å². The van der Waals surface area contributed by atoms with E-state index in [0.717, 1.165) is 35.7 Å². The van der Waals surface area contributed by atoms with Gasteiger partial charge in [0.05, 0.1) is 50.9 Å². The fourth-order valence-electron chi connectivity index (χ4n) is 5.16. The van der Waals surface area contributed by atoms with Gasteiger partial charge in [-0.15, -0.1) is 6.07 Å². The number of unbranched alkanes of at least 4 members (excludes halogenated alkanes) is 5. The first kappa shape index (κ1) is 48.3. The SMILES string of the molecule is CCCCCCCCn1nn[c-]c1-c1cccc(-c2ccccn2)n1.F[P-](F)(F)(F)(F)F.O=C(O)c1ccnc(-c2cc(C(=O)O)cc(-c3cc(C(=O)O)ccn3)n2)c1.[Ru+2]. The molecule has 60 heavy (non-hydrogen) atoms. The van der Waals surface area contributed by atoms with Gasteiger partial charge in [-0.05, 0) is 61.0 Å². The van der Waals surface area contributed by atoms with Gasteiger partial charge < -0.3 is 20.3 Å². The van der Waals surface area contributed by atoms with E-state index in [1.54, 1.807) is 6.20 Å². The van der Waals surface area contributed by atoms with E-state index >= 15 is 0 Å². The van der Waals surface area contributed by atoms with Crippen LogP contribution in [-0.4, -0.2) is 73.1 Å². The second kappa shape index (κ2) is 20.3. The van der Waals surface area contributed by atoms with Crippen molar-refractivity contribution in [2.45, 2.75) is 52.0 Å². The summed E-state index contributed by atoms with van der Waals surface area (Å²) in [4.78, 5) is 55.2. The van der Waals surface area contributed by atoms with E-state index in [1.807, 2.05) is 41.1 Å². The van der Waals surface area contributed by atoms with Crippen LogP contribution in [-0.2, 0) is 26.0 Å². The number of aromatic carboxylic acids is 3. The Morgan fingerprint density at radius 1 is 0.583 bits per heavy atom. The molecule has 22 heteroatoms. The van der Waals surface area contributed by atoms with Crippen LogP contribution in [0.5, 0.6) is 0 Å². The van der Waals surface area contributed by atoms with Crippen LogP contribution in [0.4, 0.5) is 25.2 Å². The summed E-state index contributed by atoms with van der Waals surface area (Å²) in [6.07, 6.45) is 14.8. The van der Waals surface area contributed by atoms with Crippen molar-refractivity contribution in [1.29, 1.82) is 0 Å². The maximum absolute atomic E-state index is 11.5. The fourth-order valence-corrected chi connectivity index (χ4v) is 5.16. The van der Waals surface area contributed by atoms with Crippen molar-refractivity contribution in [3.8, 4) is 45.6 Å². The van der Waals surface area contributed by atoms with Gasteiger partial charge in [-0.25, -0.2) is 24.5 Å². The number of carboxylic acids is 3. The first-order chi connectivity index (χ1) is 27.7. The molecule has 0 amide bonds. The van der Waals surface area contributed by atoms with Crippen LogP contribution in [0.3, 0.4) is 0 Å². The van der Waals surface area contributed by atoms with Crippen LogP contribution in [0.15, 0.2) is 91.4 Å². The summed E-state index contributed by atoms with van der Waals surface area (Å²) < 4.78 is 61.1. The average molecular weight is 946 g/mol. The molecule has 0 aliphatic carbocycles. The molecule has 0 unspecified atom stereocenters. The summed E-state index contributed by atoms with van der Waals surface area (Å²) in [5.74, 6) is -3.56. The van der Waals surface area contributed by atoms with E-state index in [9.17, 15) is 44.7 Å². The van der Waals surface area contributed by atoms with Crippen molar-refractivity contribution in [3.05, 3.63) is 114 Å². The van der Waals surface area contributed by atoms with Crippen molar-refractivity contribution in [3.63, 3.8) is 0 Å². The number of carboxylic acid groups (broad SMARTS) is 3. The average Bonchev–Trinajstić information content (AvgIpc) is 3.67. The molecule has 318 valence electrons. The summed E-state index contributed by atoms with van der Waals surface area (Å²) >= 11 is 0. The van der Waals surface area contributed by atoms with Gasteiger partial charge in [0.1, 0.15) is 0 Å². The second-order valence-electron chi connectivity index (χ2n) is 12.5. The summed E-state index contributed by atoms with van der Waals surface area (Å²) in [7, 11) is -10.7. The number of rotatable bonds is 14. The summed E-state index contributed by atoms with van der Waals surface area (Å²) in [5.41, 5.74) is 3.75. The van der Waals surface area contributed by atoms with Gasteiger partial charge in [0.2, 0.25) is 0 Å². The van der Waals surface area contributed by atoms with Crippen LogP contribution >= 0.6 is 7.81 Å². The largest absolute Gasteiger partial charge is 2.00 e. The predicted molar refractivity (Wildman–Crippen MR) is 204 cm³/mol. The zero-order valence-corrected chi connectivity index (χ0v) is 34.0. The van der Waals surface area contributed by atoms with E-state index in [2.05, 4.69) is 43.4 Å². The van der Waals surface area contributed by atoms with Gasteiger partial charge in [0.25, 0.3) is 0 Å². The third-order valence-electron chi connectivity index (χ3n) is 7.82. The molecule has 6 heterocycles. The van der Waals surface area contributed by atoms with Crippen molar-refractivity contribution >= 4 is 25.7 Å². The van der Waals surface area contributed by atoms with Crippen LogP contribution in [0, 0.1) is 6.20 Å². The summed E-state index contributed by atoms with van der Waals surface area (Å²) in [6, 6.07) is 19.4. The topological polar surface area (TPSA) is 207 Å². The molecule has 6 rings (SSSR count). The molecule has 0 atom stereocenters. The van der Waals surface area contributed by atoms with E-state index in [0.29, 0.717) is 0 Å². The zero-order chi connectivity index (χ0) is 43.3. The Hall–Kier alpha value is -6.07. The molecule has 0 aliphatic heterocycles. The van der Waals surface area contributed by atoms with Crippen molar-refractivity contribution in [1.82, 2.24) is 39.9 Å². The number of hydrogen-bond donors (Lipinski definition) is 3. The number of carbonyl (C=O) groups is 3. The van der Waals surface area contributed by atoms with Gasteiger partial charge in [-0.3, -0.25) is 19.6 Å². The molecule has 14 nitrogen and oxygen atoms in total. The normalized spacial score (nSPS) is 11.9. The maximum Gasteiger partial charge on any atom is 2.00 e. The summed E-state index contributed by atoms with van der Waals surface area (Å²) in [6.45, 7) is 3.09. The molecular formula is C38H35F6N8O6PRu. The Bertz CT molecular complexity index is 2330. The first-order valence-electron chi connectivity index (χ1n) is 17.6. The van der Waals surface area contributed by atoms with E-state index in [4.69, 9.17) is 15.2 Å². The number of aromatic nitrogens is 8. The molecule has 0 radical (unpaired) electrons. The maximum atomic E-state index is 11.5. The van der Waals surface area contributed by atoms with Gasteiger partial charge in [-0.1, -0.05) is 74.0 Å². The minimum Gasteiger partial charge on any atom is -0.478 e. The Labute approximate surface area is 350 Å². The number of halogens is 6. The Morgan fingerprint density at radius 2 is 1.05 bits per heavy atom. The molecular weight excluding hydrogens is 910 g/mol. The molecule has 0 aliphatic rings. The molecule has 0 aromatic carbocycles. The van der Waals surface area contributed by atoms with Gasteiger partial charge in [0.15, 0.2) is 0 Å². The molecule has 6 aromatic rings. The zero-order valence-electron chi connectivity index (χ0n) is 31.3. The molecule has 0 bridgehead atoms. The third kappa shape index (κ3) is 16.7. The fraction of sp³-hybridized carbons (Fsp3) is 0.211. The minimum atomic E-state index is -10.7. The molecule has 6 aromatic heterocycles. The smallest absolute Gasteiger partial charge is 0.478 e. The van der Waals surface area contributed by atoms with Gasteiger partial charge in [-0.2, -0.15) is 0 Å². The van der Waals surface area contributed by atoms with E-state index in [1.165, 1.54) is 80.9 Å². The minimum absolute atomic E-state index is 0. The van der Waals surface area contributed by atoms with E-state index in [-0.39, 0.29) is 58.9 Å². The third-order valence-corrected chi connectivity index (χ3v) is 7.82. The van der Waals surface area contributed by atoms with Crippen molar-refractivity contribution in [2.75, 3.05) is 0 Å². The molecule has 0 fully saturated rings. The summed E-state index contributed by atoms with van der Waals surface area (Å²) in [5, 5.41) is 35.7. The number of pyridine rings is 5. The Morgan fingerprint density at radius 3 is 1.57 bits per heavy atom. The molecule has 0 saturated carbocycles. The van der Waals surface area contributed by atoms with Gasteiger partial charge >= 0.3 is 70.4 Å². The van der Waals surface area contributed by atoms with E-state index < -0.39 is 25.7 Å². The quantitative estimate of drug-likeness (QED) is 0.0306. The van der Waals surface area contributed by atoms with Crippen LogP contribution in [0.2, 0.25) is 0 Å². The number of nitrogens with zero attached hydrogens (tertiary/aromatic N) is 8. The van der Waals surface area contributed by atoms with Gasteiger partial charge in [0, 0.05) is 25.1 Å². The van der Waals surface area contributed by atoms with Crippen LogP contribution < -0.4 is 0 Å². The van der Waals surface area contributed by atoms with Crippen LogP contribution in [0.25, 0.3) is 45.6 Å². The molecule has 3 N–H and O–H groups in total. The first-order valence-corrected chi connectivity index (χ1v) is 19.6. The molecule has 0 saturated heterocycles. The standard InChI is InChI=1S/C20H24N5.C18H11N3O6.F6P.Ru/c1-2-3-4-5-6-9-15-25-20(16-22-24-25)19-13-10-12-18(23-19)17-11-7-8-14-21-17;22-16(23)9-1-3-19-12(5-9)14-7-11(18(26)27)8-15(21-14)13-6-10(17(24)25)2-4-20-13;1-7(2,3,4,5)6;/h7-8,10-14H,2-6,9,15H2,1H3;1-8H,(H,22,23)(H,24,25)(H,26,27);;/q-1;;-1;+2. The number of aryl methyl sites for hydroxylation is 1. The second-order valence-corrected chi connectivity index (χ2v) is 14.4. The monoisotopic (exact) mass is 946 g/mol.